The predicted molar refractivity (Wildman–Crippen MR) is 145 cm³/mol. The Bertz CT molecular complexity index is 1640. The number of nitrogens with zero attached hydrogens (tertiary/aromatic N) is 8. The van der Waals surface area contributed by atoms with Crippen molar-refractivity contribution in [1.29, 1.82) is 0 Å². The molecule has 0 spiro atoms. The van der Waals surface area contributed by atoms with Crippen molar-refractivity contribution in [1.82, 2.24) is 34.3 Å². The van der Waals surface area contributed by atoms with Crippen molar-refractivity contribution < 1.29 is 9.50 Å². The largest absolute Gasteiger partial charge is 0.394 e. The van der Waals surface area contributed by atoms with Crippen LogP contribution in [-0.4, -0.2) is 59.1 Å². The quantitative estimate of drug-likeness (QED) is 0.332. The summed E-state index contributed by atoms with van der Waals surface area (Å²) in [5.74, 6) is 1.22. The number of halogens is 1. The van der Waals surface area contributed by atoms with Crippen LogP contribution in [0.5, 0.6) is 0 Å². The summed E-state index contributed by atoms with van der Waals surface area (Å²) < 4.78 is 16.9. The van der Waals surface area contributed by atoms with Gasteiger partial charge in [0.15, 0.2) is 11.6 Å². The molecule has 0 unspecified atom stereocenters. The third-order valence-corrected chi connectivity index (χ3v) is 7.17. The second-order valence-corrected chi connectivity index (χ2v) is 9.79. The zero-order chi connectivity index (χ0) is 27.0. The van der Waals surface area contributed by atoms with E-state index < -0.39 is 5.54 Å². The molecule has 0 saturated heterocycles. The Morgan fingerprint density at radius 1 is 1.00 bits per heavy atom. The highest BCUT2D eigenvalue weighted by atomic mass is 19.1. The summed E-state index contributed by atoms with van der Waals surface area (Å²) in [7, 11) is 0. The number of aliphatic hydroxyl groups is 1. The molecule has 5 aromatic rings. The molecule has 39 heavy (non-hydrogen) atoms. The van der Waals surface area contributed by atoms with Gasteiger partial charge in [-0.1, -0.05) is 18.2 Å². The second kappa shape index (κ2) is 10.0. The monoisotopic (exact) mass is 525 g/mol. The van der Waals surface area contributed by atoms with E-state index in [-0.39, 0.29) is 12.4 Å². The van der Waals surface area contributed by atoms with E-state index in [1.54, 1.807) is 41.7 Å². The molecule has 1 aliphatic rings. The molecule has 10 nitrogen and oxygen atoms in total. The number of hydrogen-bond donors (Lipinski definition) is 2. The minimum absolute atomic E-state index is 0.0382. The maximum atomic E-state index is 13.4. The van der Waals surface area contributed by atoms with E-state index in [2.05, 4.69) is 42.2 Å². The Kier molecular flexibility index (Phi) is 6.37. The number of aliphatic hydroxyl groups excluding tert-OH is 1. The average Bonchev–Trinajstić information content (AvgIpc) is 3.61. The molecule has 0 saturated carbocycles. The Morgan fingerprint density at radius 2 is 1.79 bits per heavy atom. The molecular weight excluding hydrogens is 497 g/mol. The molecule has 1 atom stereocenters. The molecule has 0 fully saturated rings. The zero-order valence-electron chi connectivity index (χ0n) is 21.4. The van der Waals surface area contributed by atoms with E-state index in [1.807, 2.05) is 23.8 Å². The van der Waals surface area contributed by atoms with Crippen molar-refractivity contribution in [2.75, 3.05) is 24.6 Å². The first-order valence-electron chi connectivity index (χ1n) is 12.7. The highest BCUT2D eigenvalue weighted by molar-refractivity contribution is 5.78. The van der Waals surface area contributed by atoms with Crippen molar-refractivity contribution in [3.8, 4) is 11.1 Å². The number of benzene rings is 1. The fourth-order valence-electron chi connectivity index (χ4n) is 4.85. The molecule has 0 bridgehead atoms. The first-order chi connectivity index (χ1) is 18.9. The molecule has 3 N–H and O–H groups in total. The van der Waals surface area contributed by atoms with Crippen molar-refractivity contribution in [2.24, 2.45) is 5.73 Å². The van der Waals surface area contributed by atoms with Gasteiger partial charge in [0.25, 0.3) is 0 Å². The van der Waals surface area contributed by atoms with Crippen LogP contribution in [0.2, 0.25) is 0 Å². The van der Waals surface area contributed by atoms with Crippen LogP contribution in [0.4, 0.5) is 10.2 Å². The van der Waals surface area contributed by atoms with Crippen LogP contribution in [0.1, 0.15) is 30.3 Å². The fraction of sp³-hybridized carbons (Fsp3) is 0.250. The Labute approximate surface area is 224 Å². The van der Waals surface area contributed by atoms with Gasteiger partial charge < -0.3 is 15.7 Å². The summed E-state index contributed by atoms with van der Waals surface area (Å²) in [5, 5.41) is 17.9. The van der Waals surface area contributed by atoms with Crippen LogP contribution in [0.15, 0.2) is 73.7 Å². The normalized spacial score (nSPS) is 15.4. The molecule has 5 heterocycles. The van der Waals surface area contributed by atoms with E-state index in [9.17, 15) is 4.39 Å². The van der Waals surface area contributed by atoms with Crippen molar-refractivity contribution in [2.45, 2.75) is 25.4 Å². The van der Waals surface area contributed by atoms with Crippen LogP contribution < -0.4 is 10.6 Å². The van der Waals surface area contributed by atoms with Gasteiger partial charge in [0.2, 0.25) is 0 Å². The lowest BCUT2D eigenvalue weighted by atomic mass is 9.87. The van der Waals surface area contributed by atoms with E-state index in [1.165, 1.54) is 12.1 Å². The molecule has 11 heteroatoms. The van der Waals surface area contributed by atoms with E-state index in [0.29, 0.717) is 18.9 Å². The van der Waals surface area contributed by atoms with E-state index >= 15 is 0 Å². The Morgan fingerprint density at radius 3 is 2.51 bits per heavy atom. The minimum atomic E-state index is -0.837. The standard InChI is InChI=1S/C28H28FN9O/c1-28(30,22-2-4-24(29)5-3-22)23-14-31-26(32-15-23)19-6-8-36(9-7-19)27-25-12-20(17-38(25)35-18-33-27)21-13-34-37(16-21)10-11-39/h2-6,12-18,39H,7-11,30H2,1H3/t28-/m0/s1. The van der Waals surface area contributed by atoms with Gasteiger partial charge in [0.1, 0.15) is 17.7 Å². The summed E-state index contributed by atoms with van der Waals surface area (Å²) in [6, 6.07) is 8.23. The first-order valence-corrected chi connectivity index (χ1v) is 12.7. The minimum Gasteiger partial charge on any atom is -0.394 e. The highest BCUT2D eigenvalue weighted by Crippen LogP contribution is 2.30. The van der Waals surface area contributed by atoms with Crippen LogP contribution in [-0.2, 0) is 12.1 Å². The summed E-state index contributed by atoms with van der Waals surface area (Å²) >= 11 is 0. The average molecular weight is 526 g/mol. The topological polar surface area (TPSA) is 123 Å². The molecule has 1 aliphatic heterocycles. The molecule has 0 radical (unpaired) electrons. The van der Waals surface area contributed by atoms with Crippen LogP contribution >= 0.6 is 0 Å². The third kappa shape index (κ3) is 4.77. The summed E-state index contributed by atoms with van der Waals surface area (Å²) in [5.41, 5.74) is 11.2. The highest BCUT2D eigenvalue weighted by Gasteiger charge is 2.25. The van der Waals surface area contributed by atoms with Crippen molar-refractivity contribution in [3.63, 3.8) is 0 Å². The maximum absolute atomic E-state index is 13.4. The summed E-state index contributed by atoms with van der Waals surface area (Å²) in [6.45, 7) is 3.77. The van der Waals surface area contributed by atoms with Gasteiger partial charge in [-0.3, -0.25) is 4.68 Å². The summed E-state index contributed by atoms with van der Waals surface area (Å²) in [4.78, 5) is 16.0. The molecule has 0 aliphatic carbocycles. The number of nitrogens with two attached hydrogens (primary N) is 1. The van der Waals surface area contributed by atoms with Gasteiger partial charge in [-0.25, -0.2) is 23.9 Å². The summed E-state index contributed by atoms with van der Waals surface area (Å²) in [6.07, 6.45) is 13.6. The number of anilines is 1. The van der Waals surface area contributed by atoms with Crippen LogP contribution in [0.3, 0.4) is 0 Å². The lowest BCUT2D eigenvalue weighted by Crippen LogP contribution is -2.34. The van der Waals surface area contributed by atoms with Gasteiger partial charge in [-0.15, -0.1) is 0 Å². The maximum Gasteiger partial charge on any atom is 0.156 e. The second-order valence-electron chi connectivity index (χ2n) is 9.79. The van der Waals surface area contributed by atoms with Gasteiger partial charge in [-0.05, 0) is 42.7 Å². The van der Waals surface area contributed by atoms with Gasteiger partial charge in [0, 0.05) is 54.6 Å². The number of aromatic nitrogens is 7. The molecular formula is C28H28FN9O. The van der Waals surface area contributed by atoms with Gasteiger partial charge in [0.05, 0.1) is 24.9 Å². The first kappa shape index (κ1) is 24.8. The van der Waals surface area contributed by atoms with Crippen molar-refractivity contribution >= 4 is 16.9 Å². The lowest BCUT2D eigenvalue weighted by Gasteiger charge is -2.28. The smallest absolute Gasteiger partial charge is 0.156 e. The molecule has 6 rings (SSSR count). The molecule has 198 valence electrons. The third-order valence-electron chi connectivity index (χ3n) is 7.17. The van der Waals surface area contributed by atoms with Crippen LogP contribution in [0, 0.1) is 5.82 Å². The zero-order valence-corrected chi connectivity index (χ0v) is 21.4. The Hall–Kier alpha value is -4.48. The van der Waals surface area contributed by atoms with Crippen LogP contribution in [0.25, 0.3) is 22.2 Å². The van der Waals surface area contributed by atoms with Gasteiger partial charge in [-0.2, -0.15) is 10.2 Å². The van der Waals surface area contributed by atoms with Crippen molar-refractivity contribution in [3.05, 3.63) is 96.5 Å². The number of hydrogen-bond acceptors (Lipinski definition) is 8. The number of rotatable bonds is 7. The Balaban J connectivity index is 1.20. The molecule has 1 aromatic carbocycles. The lowest BCUT2D eigenvalue weighted by molar-refractivity contribution is 0.269. The predicted octanol–water partition coefficient (Wildman–Crippen LogP) is 3.03. The molecule has 0 amide bonds. The fourth-order valence-corrected chi connectivity index (χ4v) is 4.85. The van der Waals surface area contributed by atoms with E-state index in [0.717, 1.165) is 52.1 Å². The number of fused-ring (bicyclic) bond motifs is 1. The van der Waals surface area contributed by atoms with Gasteiger partial charge >= 0.3 is 0 Å². The van der Waals surface area contributed by atoms with E-state index in [4.69, 9.17) is 10.8 Å². The molecule has 4 aromatic heterocycles. The SMILES string of the molecule is C[C@](N)(c1ccc(F)cc1)c1cnc(C2=CCN(c3ncnn4cc(-c5cnn(CCO)c5)cc34)CC2)nc1.